The summed E-state index contributed by atoms with van der Waals surface area (Å²) in [4.78, 5) is 24.3. The molecular formula is C11H7N5O2S. The largest absolute Gasteiger partial charge is 0.269 e. The molecule has 1 aromatic carbocycles. The molecule has 0 bridgehead atoms. The topological polar surface area (TPSA) is 81.0 Å². The number of hydrogen-bond donors (Lipinski definition) is 1. The van der Waals surface area contributed by atoms with E-state index in [0.29, 0.717) is 16.5 Å². The van der Waals surface area contributed by atoms with Crippen molar-refractivity contribution in [3.05, 3.63) is 36.4 Å². The van der Waals surface area contributed by atoms with Gasteiger partial charge in [0.2, 0.25) is 5.16 Å². The van der Waals surface area contributed by atoms with E-state index in [2.05, 4.69) is 28.2 Å². The number of aromatic nitrogens is 4. The molecule has 0 spiro atoms. The summed E-state index contributed by atoms with van der Waals surface area (Å²) in [6.07, 6.45) is 2.46. The van der Waals surface area contributed by atoms with E-state index in [1.165, 1.54) is 16.8 Å². The average molecular weight is 273 g/mol. The minimum Gasteiger partial charge on any atom is -0.269 e. The first-order valence-electron chi connectivity index (χ1n) is 5.31. The van der Waals surface area contributed by atoms with Crippen LogP contribution in [0.2, 0.25) is 0 Å². The number of amides is 2. The number of nitrogens with zero attached hydrogens (tertiary/aromatic N) is 5. The zero-order valence-corrected chi connectivity index (χ0v) is 10.4. The maximum Gasteiger partial charge on any atom is 0.258 e. The molecule has 0 radical (unpaired) electrons. The summed E-state index contributed by atoms with van der Waals surface area (Å²) in [7, 11) is 0. The van der Waals surface area contributed by atoms with Crippen LogP contribution >= 0.6 is 12.6 Å². The summed E-state index contributed by atoms with van der Waals surface area (Å²) in [6, 6.07) is 6.75. The van der Waals surface area contributed by atoms with E-state index in [-0.39, 0.29) is 11.8 Å². The Morgan fingerprint density at radius 3 is 2.37 bits per heavy atom. The molecule has 0 unspecified atom stereocenters. The van der Waals surface area contributed by atoms with Gasteiger partial charge in [0.25, 0.3) is 11.8 Å². The quantitative estimate of drug-likeness (QED) is 0.632. The minimum absolute atomic E-state index is 0.314. The summed E-state index contributed by atoms with van der Waals surface area (Å²) in [5.41, 5.74) is 1.07. The van der Waals surface area contributed by atoms with E-state index in [1.807, 2.05) is 0 Å². The Morgan fingerprint density at radius 1 is 1.05 bits per heavy atom. The van der Waals surface area contributed by atoms with E-state index in [4.69, 9.17) is 0 Å². The van der Waals surface area contributed by atoms with Crippen LogP contribution in [0.15, 0.2) is 41.6 Å². The van der Waals surface area contributed by atoms with Crippen LogP contribution in [0.1, 0.15) is 0 Å². The SMILES string of the molecule is O=C1C=CC(=O)N1c1cccc(-n2nnnc2S)c1. The fourth-order valence-electron chi connectivity index (χ4n) is 1.77. The van der Waals surface area contributed by atoms with Crippen LogP contribution in [0, 0.1) is 0 Å². The van der Waals surface area contributed by atoms with Gasteiger partial charge in [-0.3, -0.25) is 9.59 Å². The molecule has 2 heterocycles. The molecule has 0 saturated carbocycles. The van der Waals surface area contributed by atoms with Gasteiger partial charge >= 0.3 is 0 Å². The van der Waals surface area contributed by atoms with Gasteiger partial charge in [-0.05, 0) is 28.6 Å². The normalized spacial score (nSPS) is 14.5. The standard InChI is InChI=1S/C11H7N5O2S/c17-9-4-5-10(18)15(9)7-2-1-3-8(6-7)16-11(19)12-13-14-16/h1-6H,(H,12,14,19). The van der Waals surface area contributed by atoms with Crippen molar-refractivity contribution in [1.82, 2.24) is 20.2 Å². The molecule has 94 valence electrons. The van der Waals surface area contributed by atoms with Crippen molar-refractivity contribution in [3.63, 3.8) is 0 Å². The highest BCUT2D eigenvalue weighted by Crippen LogP contribution is 2.22. The maximum absolute atomic E-state index is 11.6. The molecule has 19 heavy (non-hydrogen) atoms. The van der Waals surface area contributed by atoms with Crippen molar-refractivity contribution in [1.29, 1.82) is 0 Å². The van der Waals surface area contributed by atoms with Crippen molar-refractivity contribution in [2.45, 2.75) is 5.16 Å². The average Bonchev–Trinajstić information content (AvgIpc) is 2.96. The van der Waals surface area contributed by atoms with Crippen LogP contribution < -0.4 is 4.90 Å². The van der Waals surface area contributed by atoms with E-state index in [9.17, 15) is 9.59 Å². The summed E-state index contributed by atoms with van der Waals surface area (Å²) in [5, 5.41) is 11.2. The molecule has 0 saturated heterocycles. The number of tetrazole rings is 1. The number of rotatable bonds is 2. The predicted molar refractivity (Wildman–Crippen MR) is 68.0 cm³/mol. The first-order valence-corrected chi connectivity index (χ1v) is 5.75. The second kappa shape index (κ2) is 4.32. The Kier molecular flexibility index (Phi) is 2.64. The lowest BCUT2D eigenvalue weighted by atomic mass is 10.2. The van der Waals surface area contributed by atoms with Crippen molar-refractivity contribution in [3.8, 4) is 5.69 Å². The van der Waals surface area contributed by atoms with Gasteiger partial charge in [0.05, 0.1) is 11.4 Å². The number of carbonyl (C=O) groups excluding carboxylic acids is 2. The second-order valence-corrected chi connectivity index (χ2v) is 4.16. The Morgan fingerprint density at radius 2 is 1.74 bits per heavy atom. The molecule has 8 heteroatoms. The van der Waals surface area contributed by atoms with Crippen molar-refractivity contribution in [2.75, 3.05) is 4.90 Å². The molecule has 0 aliphatic carbocycles. The van der Waals surface area contributed by atoms with Gasteiger partial charge in [-0.15, -0.1) is 17.7 Å². The maximum atomic E-state index is 11.6. The first kappa shape index (κ1) is 11.6. The lowest BCUT2D eigenvalue weighted by molar-refractivity contribution is -0.119. The van der Waals surface area contributed by atoms with Gasteiger partial charge in [-0.25, -0.2) is 4.90 Å². The Labute approximate surface area is 112 Å². The molecule has 0 atom stereocenters. The van der Waals surface area contributed by atoms with Gasteiger partial charge in [0.1, 0.15) is 0 Å². The van der Waals surface area contributed by atoms with Gasteiger partial charge in [-0.2, -0.15) is 4.68 Å². The molecule has 3 rings (SSSR count). The van der Waals surface area contributed by atoms with Crippen molar-refractivity contribution in [2.24, 2.45) is 0 Å². The molecule has 0 fully saturated rings. The third-order valence-corrected chi connectivity index (χ3v) is 2.87. The summed E-state index contributed by atoms with van der Waals surface area (Å²) < 4.78 is 1.39. The Bertz CT molecular complexity index is 691. The lowest BCUT2D eigenvalue weighted by Crippen LogP contribution is -2.29. The van der Waals surface area contributed by atoms with E-state index >= 15 is 0 Å². The van der Waals surface area contributed by atoms with Gasteiger partial charge < -0.3 is 0 Å². The predicted octanol–water partition coefficient (Wildman–Crippen LogP) is 0.380. The molecule has 2 aromatic rings. The summed E-state index contributed by atoms with van der Waals surface area (Å²) >= 11 is 4.11. The van der Waals surface area contributed by atoms with Gasteiger partial charge in [-0.1, -0.05) is 6.07 Å². The van der Waals surface area contributed by atoms with Crippen LogP contribution in [0.5, 0.6) is 0 Å². The van der Waals surface area contributed by atoms with Crippen LogP contribution in [-0.2, 0) is 9.59 Å². The molecular weight excluding hydrogens is 266 g/mol. The number of thiol groups is 1. The number of imide groups is 1. The Hall–Kier alpha value is -2.48. The monoisotopic (exact) mass is 273 g/mol. The molecule has 1 aromatic heterocycles. The summed E-state index contributed by atoms with van der Waals surface area (Å²) in [5.74, 6) is -0.741. The smallest absolute Gasteiger partial charge is 0.258 e. The lowest BCUT2D eigenvalue weighted by Gasteiger charge is -2.14. The highest BCUT2D eigenvalue weighted by molar-refractivity contribution is 7.80. The van der Waals surface area contributed by atoms with Crippen molar-refractivity contribution < 1.29 is 9.59 Å². The molecule has 2 amide bonds. The minimum atomic E-state index is -0.370. The van der Waals surface area contributed by atoms with E-state index in [0.717, 1.165) is 4.90 Å². The molecule has 1 aliphatic heterocycles. The van der Waals surface area contributed by atoms with Crippen LogP contribution in [0.3, 0.4) is 0 Å². The van der Waals surface area contributed by atoms with Crippen LogP contribution in [0.4, 0.5) is 5.69 Å². The highest BCUT2D eigenvalue weighted by Gasteiger charge is 2.25. The number of carbonyl (C=O) groups is 2. The van der Waals surface area contributed by atoms with Crippen LogP contribution in [-0.4, -0.2) is 32.0 Å². The fraction of sp³-hybridized carbons (Fsp3) is 0. The van der Waals surface area contributed by atoms with E-state index < -0.39 is 0 Å². The molecule has 0 N–H and O–H groups in total. The fourth-order valence-corrected chi connectivity index (χ4v) is 1.96. The third-order valence-electron chi connectivity index (χ3n) is 2.59. The number of benzene rings is 1. The van der Waals surface area contributed by atoms with Gasteiger partial charge in [0, 0.05) is 12.2 Å². The van der Waals surface area contributed by atoms with Crippen LogP contribution in [0.25, 0.3) is 5.69 Å². The molecule has 7 nitrogen and oxygen atoms in total. The zero-order valence-electron chi connectivity index (χ0n) is 9.46. The van der Waals surface area contributed by atoms with Crippen molar-refractivity contribution >= 4 is 30.1 Å². The number of hydrogen-bond acceptors (Lipinski definition) is 6. The molecule has 1 aliphatic rings. The highest BCUT2D eigenvalue weighted by atomic mass is 32.1. The Balaban J connectivity index is 2.04. The first-order chi connectivity index (χ1) is 9.16. The zero-order chi connectivity index (χ0) is 13.4. The summed E-state index contributed by atoms with van der Waals surface area (Å²) in [6.45, 7) is 0. The third kappa shape index (κ3) is 1.91. The second-order valence-electron chi connectivity index (χ2n) is 3.76. The number of anilines is 1. The van der Waals surface area contributed by atoms with E-state index in [1.54, 1.807) is 24.3 Å². The van der Waals surface area contributed by atoms with Gasteiger partial charge in [0.15, 0.2) is 0 Å².